The van der Waals surface area contributed by atoms with Crippen LogP contribution in [0, 0.1) is 33.1 Å². The summed E-state index contributed by atoms with van der Waals surface area (Å²) in [5.41, 5.74) is 6.59. The molecule has 0 heterocycles. The summed E-state index contributed by atoms with van der Waals surface area (Å²) in [7, 11) is 2.12. The van der Waals surface area contributed by atoms with E-state index in [2.05, 4.69) is 59.6 Å². The van der Waals surface area contributed by atoms with Gasteiger partial charge in [-0.05, 0) is 49.9 Å². The first kappa shape index (κ1) is 15.0. The average Bonchev–Trinajstić information content (AvgIpc) is 2.26. The molecule has 0 spiro atoms. The molecule has 1 rings (SSSR count). The molecule has 0 bridgehead atoms. The molecule has 18 heavy (non-hydrogen) atoms. The monoisotopic (exact) mass is 249 g/mol. The zero-order valence-electron chi connectivity index (χ0n) is 12.9. The van der Waals surface area contributed by atoms with Crippen molar-refractivity contribution < 1.29 is 5.11 Å². The summed E-state index contributed by atoms with van der Waals surface area (Å²) >= 11 is 0. The molecule has 0 aliphatic carbocycles. The van der Waals surface area contributed by atoms with Crippen LogP contribution in [0.15, 0.2) is 6.07 Å². The highest BCUT2D eigenvalue weighted by Gasteiger charge is 2.21. The van der Waals surface area contributed by atoms with Gasteiger partial charge in [-0.25, -0.2) is 0 Å². The fourth-order valence-electron chi connectivity index (χ4n) is 2.54. The maximum absolute atomic E-state index is 9.41. The number of nitrogens with zero attached hydrogens (tertiary/aromatic N) is 1. The first-order valence-corrected chi connectivity index (χ1v) is 6.59. The zero-order chi connectivity index (χ0) is 14.1. The molecule has 0 amide bonds. The summed E-state index contributed by atoms with van der Waals surface area (Å²) in [4.78, 5) is 2.28. The Hall–Kier alpha value is -1.02. The van der Waals surface area contributed by atoms with Crippen LogP contribution in [-0.2, 0) is 0 Å². The molecule has 1 N–H and O–H groups in total. The maximum atomic E-state index is 9.41. The quantitative estimate of drug-likeness (QED) is 0.884. The second-order valence-electron chi connectivity index (χ2n) is 6.29. The van der Waals surface area contributed by atoms with Gasteiger partial charge in [0.15, 0.2) is 0 Å². The lowest BCUT2D eigenvalue weighted by molar-refractivity contribution is 0.165. The molecule has 0 unspecified atom stereocenters. The van der Waals surface area contributed by atoms with E-state index in [0.29, 0.717) is 0 Å². The molecule has 0 saturated heterocycles. The predicted octanol–water partition coefficient (Wildman–Crippen LogP) is 3.37. The normalized spacial score (nSPS) is 11.8. The van der Waals surface area contributed by atoms with Crippen LogP contribution < -0.4 is 4.90 Å². The number of anilines is 1. The van der Waals surface area contributed by atoms with Crippen molar-refractivity contribution in [2.24, 2.45) is 5.41 Å². The first-order chi connectivity index (χ1) is 8.19. The highest BCUT2D eigenvalue weighted by Crippen LogP contribution is 2.31. The molecule has 0 fully saturated rings. The summed E-state index contributed by atoms with van der Waals surface area (Å²) < 4.78 is 0. The third kappa shape index (κ3) is 3.05. The SMILES string of the molecule is Cc1cc(C)c(C)c(N(C)CC(C)(C)CO)c1C. The van der Waals surface area contributed by atoms with Gasteiger partial charge in [-0.15, -0.1) is 0 Å². The van der Waals surface area contributed by atoms with Gasteiger partial charge in [0, 0.05) is 31.3 Å². The number of rotatable bonds is 4. The van der Waals surface area contributed by atoms with Crippen LogP contribution in [0.4, 0.5) is 5.69 Å². The van der Waals surface area contributed by atoms with Crippen molar-refractivity contribution in [1.29, 1.82) is 0 Å². The zero-order valence-corrected chi connectivity index (χ0v) is 12.9. The van der Waals surface area contributed by atoms with Crippen LogP contribution in [0.1, 0.15) is 36.1 Å². The van der Waals surface area contributed by atoms with Crippen molar-refractivity contribution >= 4 is 5.69 Å². The molecule has 0 aromatic heterocycles. The lowest BCUT2D eigenvalue weighted by Gasteiger charge is -2.33. The topological polar surface area (TPSA) is 23.5 Å². The second-order valence-corrected chi connectivity index (χ2v) is 6.29. The van der Waals surface area contributed by atoms with Crippen molar-refractivity contribution in [2.75, 3.05) is 25.1 Å². The molecule has 2 heteroatoms. The van der Waals surface area contributed by atoms with Gasteiger partial charge in [-0.1, -0.05) is 19.9 Å². The number of aliphatic hydroxyl groups excluding tert-OH is 1. The van der Waals surface area contributed by atoms with E-state index in [1.807, 2.05) is 0 Å². The van der Waals surface area contributed by atoms with Crippen molar-refractivity contribution in [1.82, 2.24) is 0 Å². The number of benzene rings is 1. The van der Waals surface area contributed by atoms with Crippen LogP contribution in [0.2, 0.25) is 0 Å². The van der Waals surface area contributed by atoms with E-state index in [0.717, 1.165) is 6.54 Å². The molecular weight excluding hydrogens is 222 g/mol. The Balaban J connectivity index is 3.17. The van der Waals surface area contributed by atoms with E-state index in [4.69, 9.17) is 0 Å². The van der Waals surface area contributed by atoms with E-state index >= 15 is 0 Å². The summed E-state index contributed by atoms with van der Waals surface area (Å²) in [5, 5.41) is 9.41. The molecular formula is C16H27NO. The smallest absolute Gasteiger partial charge is 0.0499 e. The van der Waals surface area contributed by atoms with E-state index in [1.54, 1.807) is 0 Å². The summed E-state index contributed by atoms with van der Waals surface area (Å²) in [6.07, 6.45) is 0. The van der Waals surface area contributed by atoms with Gasteiger partial charge in [-0.2, -0.15) is 0 Å². The van der Waals surface area contributed by atoms with Crippen LogP contribution in [0.3, 0.4) is 0 Å². The Kier molecular flexibility index (Phi) is 4.44. The number of aliphatic hydroxyl groups is 1. The Morgan fingerprint density at radius 2 is 1.50 bits per heavy atom. The van der Waals surface area contributed by atoms with Crippen LogP contribution in [-0.4, -0.2) is 25.3 Å². The van der Waals surface area contributed by atoms with Crippen molar-refractivity contribution in [3.05, 3.63) is 28.3 Å². The predicted molar refractivity (Wildman–Crippen MR) is 79.5 cm³/mol. The van der Waals surface area contributed by atoms with Gasteiger partial charge in [0.25, 0.3) is 0 Å². The minimum absolute atomic E-state index is 0.0781. The molecule has 0 aliphatic rings. The van der Waals surface area contributed by atoms with Crippen LogP contribution in [0.5, 0.6) is 0 Å². The minimum atomic E-state index is -0.0781. The summed E-state index contributed by atoms with van der Waals surface area (Å²) in [5.74, 6) is 0. The maximum Gasteiger partial charge on any atom is 0.0499 e. The third-order valence-electron chi connectivity index (χ3n) is 3.80. The van der Waals surface area contributed by atoms with Crippen molar-refractivity contribution in [3.8, 4) is 0 Å². The van der Waals surface area contributed by atoms with Crippen LogP contribution >= 0.6 is 0 Å². The largest absolute Gasteiger partial charge is 0.396 e. The molecule has 2 nitrogen and oxygen atoms in total. The summed E-state index contributed by atoms with van der Waals surface area (Å²) in [6, 6.07) is 2.25. The lowest BCUT2D eigenvalue weighted by atomic mass is 9.92. The molecule has 0 atom stereocenters. The van der Waals surface area contributed by atoms with E-state index in [-0.39, 0.29) is 12.0 Å². The number of hydrogen-bond acceptors (Lipinski definition) is 2. The molecule has 0 saturated carbocycles. The highest BCUT2D eigenvalue weighted by molar-refractivity contribution is 5.63. The summed E-state index contributed by atoms with van der Waals surface area (Å²) in [6.45, 7) is 13.9. The Morgan fingerprint density at radius 3 is 1.89 bits per heavy atom. The number of aryl methyl sites for hydroxylation is 2. The van der Waals surface area contributed by atoms with Crippen molar-refractivity contribution in [3.63, 3.8) is 0 Å². The molecule has 1 aromatic rings. The Morgan fingerprint density at radius 1 is 1.06 bits per heavy atom. The van der Waals surface area contributed by atoms with Gasteiger partial charge in [0.2, 0.25) is 0 Å². The Bertz CT molecular complexity index is 409. The average molecular weight is 249 g/mol. The first-order valence-electron chi connectivity index (χ1n) is 6.59. The second kappa shape index (κ2) is 5.31. The van der Waals surface area contributed by atoms with Gasteiger partial charge >= 0.3 is 0 Å². The van der Waals surface area contributed by atoms with Gasteiger partial charge in [0.05, 0.1) is 0 Å². The standard InChI is InChI=1S/C16H27NO/c1-11-8-12(2)14(4)15(13(11)3)17(7)9-16(5,6)10-18/h8,18H,9-10H2,1-7H3. The van der Waals surface area contributed by atoms with Gasteiger partial charge < -0.3 is 10.0 Å². The fraction of sp³-hybridized carbons (Fsp3) is 0.625. The third-order valence-corrected chi connectivity index (χ3v) is 3.80. The van der Waals surface area contributed by atoms with Gasteiger partial charge in [0.1, 0.15) is 0 Å². The van der Waals surface area contributed by atoms with Crippen LogP contribution in [0.25, 0.3) is 0 Å². The minimum Gasteiger partial charge on any atom is -0.396 e. The van der Waals surface area contributed by atoms with Crippen molar-refractivity contribution in [2.45, 2.75) is 41.5 Å². The molecule has 102 valence electrons. The van der Waals surface area contributed by atoms with E-state index in [1.165, 1.54) is 27.9 Å². The Labute approximate surface area is 112 Å². The lowest BCUT2D eigenvalue weighted by Crippen LogP contribution is -2.34. The molecule has 0 aliphatic heterocycles. The molecule has 1 aromatic carbocycles. The molecule has 0 radical (unpaired) electrons. The highest BCUT2D eigenvalue weighted by atomic mass is 16.3. The van der Waals surface area contributed by atoms with E-state index in [9.17, 15) is 5.11 Å². The van der Waals surface area contributed by atoms with E-state index < -0.39 is 0 Å². The van der Waals surface area contributed by atoms with Gasteiger partial charge in [-0.3, -0.25) is 0 Å². The fourth-order valence-corrected chi connectivity index (χ4v) is 2.54. The number of hydrogen-bond donors (Lipinski definition) is 1.